The van der Waals surface area contributed by atoms with Crippen molar-refractivity contribution in [2.75, 3.05) is 0 Å². The van der Waals surface area contributed by atoms with Gasteiger partial charge in [0.25, 0.3) is 0 Å². The van der Waals surface area contributed by atoms with Crippen LogP contribution in [0.1, 0.15) is 55.4 Å². The Balaban J connectivity index is 3.08. The molecule has 1 aliphatic heterocycles. The summed E-state index contributed by atoms with van der Waals surface area (Å²) in [6, 6.07) is 1.05. The van der Waals surface area contributed by atoms with Crippen molar-refractivity contribution in [3.05, 3.63) is 0 Å². The SMILES string of the molecule is CC(=O)OC1O[Si](C(C)(C)C)(C(C)(C)C)C[C@H]1C. The van der Waals surface area contributed by atoms with Crippen LogP contribution in [0, 0.1) is 5.92 Å². The lowest BCUT2D eigenvalue weighted by Gasteiger charge is -2.48. The minimum Gasteiger partial charge on any atom is -0.437 e. The second-order valence-corrected chi connectivity index (χ2v) is 12.9. The summed E-state index contributed by atoms with van der Waals surface area (Å²) in [5, 5.41) is 0.267. The smallest absolute Gasteiger partial charge is 0.304 e. The van der Waals surface area contributed by atoms with Gasteiger partial charge in [-0.25, -0.2) is 0 Å². The molecule has 0 radical (unpaired) electrons. The molecule has 1 heterocycles. The molecular weight excluding hydrogens is 244 g/mol. The average molecular weight is 272 g/mol. The number of carbonyl (C=O) groups is 1. The van der Waals surface area contributed by atoms with Crippen LogP contribution in [-0.2, 0) is 14.0 Å². The molecule has 0 aromatic carbocycles. The number of hydrogen-bond acceptors (Lipinski definition) is 3. The van der Waals surface area contributed by atoms with Gasteiger partial charge < -0.3 is 9.16 Å². The molecule has 1 aliphatic rings. The van der Waals surface area contributed by atoms with Crippen LogP contribution in [0.3, 0.4) is 0 Å². The molecule has 0 aromatic rings. The van der Waals surface area contributed by atoms with Crippen LogP contribution in [0.25, 0.3) is 0 Å². The van der Waals surface area contributed by atoms with Crippen LogP contribution >= 0.6 is 0 Å². The average Bonchev–Trinajstić information content (AvgIpc) is 2.41. The number of carbonyl (C=O) groups excluding carboxylic acids is 1. The van der Waals surface area contributed by atoms with Crippen molar-refractivity contribution in [3.8, 4) is 0 Å². The largest absolute Gasteiger partial charge is 0.437 e. The maximum atomic E-state index is 11.2. The lowest BCUT2D eigenvalue weighted by molar-refractivity contribution is -0.164. The first kappa shape index (κ1) is 15.7. The van der Waals surface area contributed by atoms with Crippen LogP contribution in [-0.4, -0.2) is 20.6 Å². The molecule has 3 nitrogen and oxygen atoms in total. The molecule has 1 rings (SSSR count). The van der Waals surface area contributed by atoms with Crippen molar-refractivity contribution in [1.82, 2.24) is 0 Å². The van der Waals surface area contributed by atoms with Crippen LogP contribution < -0.4 is 0 Å². The minimum absolute atomic E-state index is 0.133. The van der Waals surface area contributed by atoms with Gasteiger partial charge in [-0.3, -0.25) is 4.79 Å². The first-order valence-electron chi connectivity index (χ1n) is 6.76. The number of ether oxygens (including phenoxy) is 1. The summed E-state index contributed by atoms with van der Waals surface area (Å²) in [7, 11) is -2.01. The molecule has 0 aromatic heterocycles. The number of rotatable bonds is 1. The Morgan fingerprint density at radius 2 is 1.61 bits per heavy atom. The van der Waals surface area contributed by atoms with E-state index in [0.29, 0.717) is 5.92 Å². The molecule has 0 N–H and O–H groups in total. The van der Waals surface area contributed by atoms with E-state index in [1.807, 2.05) is 0 Å². The molecule has 0 saturated carbocycles. The molecule has 0 amide bonds. The van der Waals surface area contributed by atoms with Gasteiger partial charge in [-0.05, 0) is 16.1 Å². The van der Waals surface area contributed by atoms with Crippen molar-refractivity contribution in [3.63, 3.8) is 0 Å². The number of esters is 1. The standard InChI is InChI=1S/C14H28O3Si/c1-10-9-18(13(3,4)5,14(6,7)8)17-12(10)16-11(2)15/h10,12H,9H2,1-8H3/t10-,12?/m1/s1. The fourth-order valence-electron chi connectivity index (χ4n) is 3.31. The molecule has 106 valence electrons. The highest BCUT2D eigenvalue weighted by atomic mass is 28.4. The third-order valence-electron chi connectivity index (χ3n) is 4.10. The zero-order chi connectivity index (χ0) is 14.4. The van der Waals surface area contributed by atoms with Crippen molar-refractivity contribution >= 4 is 14.3 Å². The summed E-state index contributed by atoms with van der Waals surface area (Å²) in [4.78, 5) is 11.2. The van der Waals surface area contributed by atoms with Gasteiger partial charge in [0.15, 0.2) is 6.29 Å². The molecule has 1 saturated heterocycles. The third kappa shape index (κ3) is 2.64. The van der Waals surface area contributed by atoms with Crippen molar-refractivity contribution in [1.29, 1.82) is 0 Å². The maximum absolute atomic E-state index is 11.2. The second-order valence-electron chi connectivity index (χ2n) is 7.60. The van der Waals surface area contributed by atoms with E-state index < -0.39 is 8.32 Å². The summed E-state index contributed by atoms with van der Waals surface area (Å²) in [5.74, 6) is 0.0403. The predicted octanol–water partition coefficient (Wildman–Crippen LogP) is 4.09. The Labute approximate surface area is 112 Å². The van der Waals surface area contributed by atoms with E-state index >= 15 is 0 Å². The Hall–Kier alpha value is -0.353. The van der Waals surface area contributed by atoms with E-state index in [1.165, 1.54) is 6.92 Å². The molecule has 1 unspecified atom stereocenters. The summed E-state index contributed by atoms with van der Waals surface area (Å²) in [6.07, 6.45) is -0.354. The maximum Gasteiger partial charge on any atom is 0.304 e. The van der Waals surface area contributed by atoms with Gasteiger partial charge in [-0.15, -0.1) is 0 Å². The second kappa shape index (κ2) is 4.64. The number of hydrogen-bond donors (Lipinski definition) is 0. The van der Waals surface area contributed by atoms with E-state index in [-0.39, 0.29) is 22.3 Å². The first-order valence-corrected chi connectivity index (χ1v) is 8.87. The minimum atomic E-state index is -2.01. The molecule has 0 bridgehead atoms. The van der Waals surface area contributed by atoms with Crippen LogP contribution in [0.2, 0.25) is 16.1 Å². The molecule has 0 aliphatic carbocycles. The normalized spacial score (nSPS) is 28.2. The van der Waals surface area contributed by atoms with Gasteiger partial charge >= 0.3 is 5.97 Å². The highest BCUT2D eigenvalue weighted by Gasteiger charge is 2.61. The van der Waals surface area contributed by atoms with Crippen molar-refractivity contribution in [2.45, 2.75) is 77.8 Å². The van der Waals surface area contributed by atoms with Gasteiger partial charge in [0.05, 0.1) is 0 Å². The zero-order valence-corrected chi connectivity index (χ0v) is 14.1. The monoisotopic (exact) mass is 272 g/mol. The first-order chi connectivity index (χ1) is 7.91. The third-order valence-corrected chi connectivity index (χ3v) is 10.8. The Morgan fingerprint density at radius 3 is 1.89 bits per heavy atom. The van der Waals surface area contributed by atoms with Gasteiger partial charge in [-0.2, -0.15) is 0 Å². The lowest BCUT2D eigenvalue weighted by Crippen LogP contribution is -2.52. The van der Waals surface area contributed by atoms with E-state index in [1.54, 1.807) is 0 Å². The van der Waals surface area contributed by atoms with Crippen molar-refractivity contribution in [2.24, 2.45) is 5.92 Å². The van der Waals surface area contributed by atoms with Gasteiger partial charge in [0.2, 0.25) is 8.32 Å². The van der Waals surface area contributed by atoms with Crippen LogP contribution in [0.15, 0.2) is 0 Å². The van der Waals surface area contributed by atoms with Gasteiger partial charge in [0, 0.05) is 12.8 Å². The zero-order valence-electron chi connectivity index (χ0n) is 13.1. The fourth-order valence-corrected chi connectivity index (χ4v) is 9.36. The molecule has 1 fully saturated rings. The van der Waals surface area contributed by atoms with Crippen LogP contribution in [0.4, 0.5) is 0 Å². The Kier molecular flexibility index (Phi) is 4.05. The topological polar surface area (TPSA) is 35.5 Å². The Bertz CT molecular complexity index is 311. The Morgan fingerprint density at radius 1 is 1.17 bits per heavy atom. The lowest BCUT2D eigenvalue weighted by atomic mass is 10.2. The van der Waals surface area contributed by atoms with Gasteiger partial charge in [-0.1, -0.05) is 48.5 Å². The molecule has 2 atom stereocenters. The predicted molar refractivity (Wildman–Crippen MR) is 75.8 cm³/mol. The fraction of sp³-hybridized carbons (Fsp3) is 0.929. The summed E-state index contributed by atoms with van der Waals surface area (Å²) >= 11 is 0. The van der Waals surface area contributed by atoms with E-state index in [2.05, 4.69) is 48.5 Å². The van der Waals surface area contributed by atoms with E-state index in [9.17, 15) is 4.79 Å². The quantitative estimate of drug-likeness (QED) is 0.533. The summed E-state index contributed by atoms with van der Waals surface area (Å²) in [5.41, 5.74) is 0. The molecular formula is C14H28O3Si. The highest BCUT2D eigenvalue weighted by Crippen LogP contribution is 2.59. The van der Waals surface area contributed by atoms with E-state index in [0.717, 1.165) is 6.04 Å². The van der Waals surface area contributed by atoms with E-state index in [4.69, 9.17) is 9.16 Å². The molecule has 18 heavy (non-hydrogen) atoms. The molecule has 0 spiro atoms. The summed E-state index contributed by atoms with van der Waals surface area (Å²) < 4.78 is 11.7. The van der Waals surface area contributed by atoms with Gasteiger partial charge in [0.1, 0.15) is 0 Å². The highest BCUT2D eigenvalue weighted by molar-refractivity contribution is 6.80. The van der Waals surface area contributed by atoms with Crippen molar-refractivity contribution < 1.29 is 14.0 Å². The summed E-state index contributed by atoms with van der Waals surface area (Å²) in [6.45, 7) is 17.1. The van der Waals surface area contributed by atoms with Crippen LogP contribution in [0.5, 0.6) is 0 Å². The molecule has 4 heteroatoms.